The Labute approximate surface area is 134 Å². The van der Waals surface area contributed by atoms with Crippen molar-refractivity contribution in [1.82, 2.24) is 14.1 Å². The molecule has 0 radical (unpaired) electrons. The summed E-state index contributed by atoms with van der Waals surface area (Å²) >= 11 is 0. The molecule has 6 heteroatoms. The first-order chi connectivity index (χ1) is 10.4. The van der Waals surface area contributed by atoms with Gasteiger partial charge in [-0.3, -0.25) is 4.68 Å². The van der Waals surface area contributed by atoms with Crippen molar-refractivity contribution in [2.45, 2.75) is 59.4 Å². The average Bonchev–Trinajstić information content (AvgIpc) is 2.77. The number of unbranched alkanes of at least 4 members (excludes halogenated alkanes) is 2. The van der Waals surface area contributed by atoms with Gasteiger partial charge in [0.2, 0.25) is 10.0 Å². The van der Waals surface area contributed by atoms with E-state index in [1.165, 1.54) is 5.69 Å². The van der Waals surface area contributed by atoms with Crippen LogP contribution in [0.5, 0.6) is 0 Å². The molecule has 0 unspecified atom stereocenters. The van der Waals surface area contributed by atoms with Crippen molar-refractivity contribution in [3.05, 3.63) is 17.5 Å². The number of aromatic nitrogens is 2. The summed E-state index contributed by atoms with van der Waals surface area (Å²) in [5, 5.41) is 4.51. The number of sulfonamides is 1. The Kier molecular flexibility index (Phi) is 6.03. The van der Waals surface area contributed by atoms with Crippen LogP contribution in [-0.2, 0) is 16.6 Å². The van der Waals surface area contributed by atoms with E-state index in [2.05, 4.69) is 29.7 Å². The predicted molar refractivity (Wildman–Crippen MR) is 89.3 cm³/mol. The van der Waals surface area contributed by atoms with Crippen LogP contribution in [0.4, 0.5) is 0 Å². The van der Waals surface area contributed by atoms with E-state index in [1.807, 2.05) is 6.92 Å². The molecular weight excluding hydrogens is 298 g/mol. The van der Waals surface area contributed by atoms with Crippen LogP contribution in [0.15, 0.2) is 6.07 Å². The predicted octanol–water partition coefficient (Wildman–Crippen LogP) is 2.73. The molecular formula is C16H29N3O2S. The SMILES string of the molecule is CCCCCS(=O)(=O)N1CCC(Cn2nc(C)cc2C)CC1. The molecule has 1 aliphatic rings. The van der Waals surface area contributed by atoms with Gasteiger partial charge in [0, 0.05) is 25.3 Å². The molecule has 0 aliphatic carbocycles. The van der Waals surface area contributed by atoms with E-state index in [0.717, 1.165) is 44.3 Å². The second-order valence-electron chi connectivity index (χ2n) is 6.47. The van der Waals surface area contributed by atoms with Crippen molar-refractivity contribution in [3.8, 4) is 0 Å². The topological polar surface area (TPSA) is 55.2 Å². The fourth-order valence-electron chi connectivity index (χ4n) is 3.14. The highest BCUT2D eigenvalue weighted by atomic mass is 32.2. The van der Waals surface area contributed by atoms with Crippen molar-refractivity contribution in [1.29, 1.82) is 0 Å². The van der Waals surface area contributed by atoms with Gasteiger partial charge in [-0.1, -0.05) is 19.8 Å². The van der Waals surface area contributed by atoms with Gasteiger partial charge in [0.15, 0.2) is 0 Å². The maximum absolute atomic E-state index is 12.3. The van der Waals surface area contributed by atoms with Gasteiger partial charge < -0.3 is 0 Å². The van der Waals surface area contributed by atoms with Crippen LogP contribution in [0.1, 0.15) is 50.4 Å². The molecule has 0 aromatic carbocycles. The van der Waals surface area contributed by atoms with Crippen molar-refractivity contribution in [3.63, 3.8) is 0 Å². The Morgan fingerprint density at radius 3 is 2.45 bits per heavy atom. The molecule has 1 aromatic rings. The van der Waals surface area contributed by atoms with Gasteiger partial charge in [-0.15, -0.1) is 0 Å². The van der Waals surface area contributed by atoms with Gasteiger partial charge in [0.1, 0.15) is 0 Å². The van der Waals surface area contributed by atoms with Crippen molar-refractivity contribution < 1.29 is 8.42 Å². The van der Waals surface area contributed by atoms with E-state index in [9.17, 15) is 8.42 Å². The molecule has 1 saturated heterocycles. The molecule has 22 heavy (non-hydrogen) atoms. The largest absolute Gasteiger partial charge is 0.269 e. The highest BCUT2D eigenvalue weighted by molar-refractivity contribution is 7.89. The van der Waals surface area contributed by atoms with Crippen molar-refractivity contribution in [2.24, 2.45) is 5.92 Å². The molecule has 5 nitrogen and oxygen atoms in total. The van der Waals surface area contributed by atoms with E-state index in [-0.39, 0.29) is 0 Å². The molecule has 126 valence electrons. The lowest BCUT2D eigenvalue weighted by molar-refractivity contribution is 0.246. The van der Waals surface area contributed by atoms with Crippen LogP contribution in [0.3, 0.4) is 0 Å². The molecule has 0 bridgehead atoms. The zero-order valence-electron chi connectivity index (χ0n) is 14.1. The molecule has 0 saturated carbocycles. The third-order valence-electron chi connectivity index (χ3n) is 4.51. The standard InChI is InChI=1S/C16H29N3O2S/c1-4-5-6-11-22(20,21)18-9-7-16(8-10-18)13-19-15(3)12-14(2)17-19/h12,16H,4-11,13H2,1-3H3. The summed E-state index contributed by atoms with van der Waals surface area (Å²) in [6.07, 6.45) is 4.70. The minimum atomic E-state index is -3.05. The molecule has 0 spiro atoms. The summed E-state index contributed by atoms with van der Waals surface area (Å²) in [4.78, 5) is 0. The molecule has 0 atom stereocenters. The number of piperidine rings is 1. The number of hydrogen-bond donors (Lipinski definition) is 0. The van der Waals surface area contributed by atoms with Crippen molar-refractivity contribution in [2.75, 3.05) is 18.8 Å². The normalized spacial score (nSPS) is 18.0. The molecule has 1 aromatic heterocycles. The third-order valence-corrected chi connectivity index (χ3v) is 6.46. The second-order valence-corrected chi connectivity index (χ2v) is 8.56. The first-order valence-electron chi connectivity index (χ1n) is 8.41. The minimum absolute atomic E-state index is 0.308. The van der Waals surface area contributed by atoms with Crippen LogP contribution >= 0.6 is 0 Å². The highest BCUT2D eigenvalue weighted by Crippen LogP contribution is 2.22. The van der Waals surface area contributed by atoms with Crippen molar-refractivity contribution >= 4 is 10.0 Å². The highest BCUT2D eigenvalue weighted by Gasteiger charge is 2.27. The van der Waals surface area contributed by atoms with Gasteiger partial charge in [0.25, 0.3) is 0 Å². The Morgan fingerprint density at radius 2 is 1.91 bits per heavy atom. The number of rotatable bonds is 7. The smallest absolute Gasteiger partial charge is 0.214 e. The third kappa shape index (κ3) is 4.56. The summed E-state index contributed by atoms with van der Waals surface area (Å²) in [7, 11) is -3.05. The van der Waals surface area contributed by atoms with Gasteiger partial charge in [-0.25, -0.2) is 12.7 Å². The summed E-state index contributed by atoms with van der Waals surface area (Å²) in [5.41, 5.74) is 2.24. The van der Waals surface area contributed by atoms with Crippen LogP contribution < -0.4 is 0 Å². The Hall–Kier alpha value is -0.880. The minimum Gasteiger partial charge on any atom is -0.269 e. The van der Waals surface area contributed by atoms with Gasteiger partial charge in [0.05, 0.1) is 11.4 Å². The maximum atomic E-state index is 12.3. The molecule has 0 N–H and O–H groups in total. The van der Waals surface area contributed by atoms with Gasteiger partial charge in [-0.2, -0.15) is 5.10 Å². The van der Waals surface area contributed by atoms with Crippen LogP contribution in [0.2, 0.25) is 0 Å². The van der Waals surface area contributed by atoms with E-state index in [0.29, 0.717) is 24.8 Å². The number of nitrogens with zero attached hydrogens (tertiary/aromatic N) is 3. The molecule has 1 fully saturated rings. The summed E-state index contributed by atoms with van der Waals surface area (Å²) in [6.45, 7) is 8.42. The molecule has 1 aliphatic heterocycles. The lowest BCUT2D eigenvalue weighted by Gasteiger charge is -2.31. The number of hydrogen-bond acceptors (Lipinski definition) is 3. The van der Waals surface area contributed by atoms with Crippen LogP contribution in [0.25, 0.3) is 0 Å². The Balaban J connectivity index is 1.83. The van der Waals surface area contributed by atoms with E-state index in [4.69, 9.17) is 0 Å². The van der Waals surface area contributed by atoms with E-state index in [1.54, 1.807) is 4.31 Å². The first kappa shape index (κ1) is 17.5. The lowest BCUT2D eigenvalue weighted by atomic mass is 9.98. The van der Waals surface area contributed by atoms with Gasteiger partial charge >= 0.3 is 0 Å². The fourth-order valence-corrected chi connectivity index (χ4v) is 4.73. The summed E-state index contributed by atoms with van der Waals surface area (Å²) in [5.74, 6) is 0.836. The Bertz CT molecular complexity index is 572. The summed E-state index contributed by atoms with van der Waals surface area (Å²) < 4.78 is 28.3. The molecule has 2 heterocycles. The molecule has 2 rings (SSSR count). The van der Waals surface area contributed by atoms with E-state index >= 15 is 0 Å². The quantitative estimate of drug-likeness (QED) is 0.724. The Morgan fingerprint density at radius 1 is 1.23 bits per heavy atom. The first-order valence-corrected chi connectivity index (χ1v) is 10.0. The lowest BCUT2D eigenvalue weighted by Crippen LogP contribution is -2.40. The van der Waals surface area contributed by atoms with Crippen LogP contribution in [-0.4, -0.2) is 41.3 Å². The van der Waals surface area contributed by atoms with E-state index < -0.39 is 10.0 Å². The number of aryl methyl sites for hydroxylation is 2. The average molecular weight is 327 g/mol. The fraction of sp³-hybridized carbons (Fsp3) is 0.812. The maximum Gasteiger partial charge on any atom is 0.214 e. The molecule has 0 amide bonds. The monoisotopic (exact) mass is 327 g/mol. The van der Waals surface area contributed by atoms with Gasteiger partial charge in [-0.05, 0) is 45.1 Å². The zero-order chi connectivity index (χ0) is 16.2. The van der Waals surface area contributed by atoms with Crippen LogP contribution in [0, 0.1) is 19.8 Å². The second kappa shape index (κ2) is 7.59. The summed E-state index contributed by atoms with van der Waals surface area (Å²) in [6, 6.07) is 2.09. The zero-order valence-corrected chi connectivity index (χ0v) is 14.9.